The van der Waals surface area contributed by atoms with Gasteiger partial charge in [0.05, 0.1) is 5.75 Å². The number of likely N-dealkylation sites (N-methyl/N-ethyl adjacent to an activating group) is 1. The smallest absolute Gasteiger partial charge is 0.242 e. The second-order valence-electron chi connectivity index (χ2n) is 7.21. The summed E-state index contributed by atoms with van der Waals surface area (Å²) in [6, 6.07) is 24.3. The Labute approximate surface area is 206 Å². The van der Waals surface area contributed by atoms with E-state index in [1.54, 1.807) is 24.1 Å². The van der Waals surface area contributed by atoms with Crippen LogP contribution < -0.4 is 5.32 Å². The highest BCUT2D eigenvalue weighted by Gasteiger charge is 2.29. The van der Waals surface area contributed by atoms with E-state index in [9.17, 15) is 9.59 Å². The van der Waals surface area contributed by atoms with Gasteiger partial charge in [-0.15, -0.1) is 11.8 Å². The highest BCUT2D eigenvalue weighted by atomic mass is 79.9. The molecule has 0 saturated heterocycles. The van der Waals surface area contributed by atoms with Gasteiger partial charge in [-0.05, 0) is 47.5 Å². The van der Waals surface area contributed by atoms with Gasteiger partial charge in [-0.1, -0.05) is 70.0 Å². The summed E-state index contributed by atoms with van der Waals surface area (Å²) in [6.07, 6.45) is 0.439. The van der Waals surface area contributed by atoms with Crippen molar-refractivity contribution in [2.24, 2.45) is 0 Å². The third-order valence-electron chi connectivity index (χ3n) is 4.96. The number of hydrogen-bond acceptors (Lipinski definition) is 3. The third kappa shape index (κ3) is 7.12. The fourth-order valence-electron chi connectivity index (χ4n) is 3.27. The largest absolute Gasteiger partial charge is 0.357 e. The molecule has 0 spiro atoms. The number of carbonyl (C=O) groups is 2. The van der Waals surface area contributed by atoms with Gasteiger partial charge >= 0.3 is 0 Å². The lowest BCUT2D eigenvalue weighted by Gasteiger charge is -2.31. The van der Waals surface area contributed by atoms with Crippen LogP contribution in [0.1, 0.15) is 11.1 Å². The molecule has 3 aromatic rings. The molecule has 0 aliphatic heterocycles. The van der Waals surface area contributed by atoms with E-state index in [0.29, 0.717) is 18.0 Å². The molecule has 0 bridgehead atoms. The Morgan fingerprint density at radius 1 is 0.969 bits per heavy atom. The first kappa shape index (κ1) is 24.4. The van der Waals surface area contributed by atoms with Gasteiger partial charge in [0.15, 0.2) is 0 Å². The topological polar surface area (TPSA) is 49.4 Å². The van der Waals surface area contributed by atoms with Crippen molar-refractivity contribution in [3.63, 3.8) is 0 Å². The molecule has 0 fully saturated rings. The minimum Gasteiger partial charge on any atom is -0.357 e. The first-order chi connectivity index (χ1) is 15.5. The quantitative estimate of drug-likeness (QED) is 0.367. The maximum Gasteiger partial charge on any atom is 0.242 e. The van der Waals surface area contributed by atoms with Crippen molar-refractivity contribution in [3.8, 4) is 0 Å². The van der Waals surface area contributed by atoms with E-state index in [4.69, 9.17) is 11.6 Å². The van der Waals surface area contributed by atoms with Crippen molar-refractivity contribution in [1.29, 1.82) is 0 Å². The molecule has 32 heavy (non-hydrogen) atoms. The summed E-state index contributed by atoms with van der Waals surface area (Å²) in [5.74, 6) is -0.0614. The maximum atomic E-state index is 13.4. The molecule has 0 aromatic heterocycles. The summed E-state index contributed by atoms with van der Waals surface area (Å²) >= 11 is 10.8. The van der Waals surface area contributed by atoms with E-state index < -0.39 is 6.04 Å². The lowest BCUT2D eigenvalue weighted by atomic mass is 10.0. The summed E-state index contributed by atoms with van der Waals surface area (Å²) in [5.41, 5.74) is 1.96. The van der Waals surface area contributed by atoms with Gasteiger partial charge in [-0.2, -0.15) is 0 Å². The highest BCUT2D eigenvalue weighted by Crippen LogP contribution is 2.23. The average molecular weight is 532 g/mol. The molecule has 0 saturated carbocycles. The zero-order valence-corrected chi connectivity index (χ0v) is 20.8. The molecular weight excluding hydrogens is 508 g/mol. The van der Waals surface area contributed by atoms with E-state index in [2.05, 4.69) is 21.2 Å². The normalized spacial score (nSPS) is 11.6. The molecule has 4 nitrogen and oxygen atoms in total. The molecule has 0 radical (unpaired) electrons. The Bertz CT molecular complexity index is 1030. The third-order valence-corrected chi connectivity index (χ3v) is 6.74. The van der Waals surface area contributed by atoms with Crippen LogP contribution in [0.4, 0.5) is 0 Å². The lowest BCUT2D eigenvalue weighted by molar-refractivity contribution is -0.139. The zero-order valence-electron chi connectivity index (χ0n) is 17.6. The molecule has 2 amide bonds. The number of thioether (sulfide) groups is 1. The van der Waals surface area contributed by atoms with Crippen LogP contribution >= 0.6 is 39.3 Å². The number of hydrogen-bond donors (Lipinski definition) is 1. The second-order valence-corrected chi connectivity index (χ2v) is 9.61. The molecule has 166 valence electrons. The summed E-state index contributed by atoms with van der Waals surface area (Å²) in [5, 5.41) is 3.39. The first-order valence-electron chi connectivity index (χ1n) is 10.1. The van der Waals surface area contributed by atoms with E-state index in [0.717, 1.165) is 20.5 Å². The van der Waals surface area contributed by atoms with Crippen LogP contribution in [0, 0.1) is 0 Å². The van der Waals surface area contributed by atoms with E-state index in [-0.39, 0.29) is 17.6 Å². The van der Waals surface area contributed by atoms with Crippen molar-refractivity contribution in [2.75, 3.05) is 12.8 Å². The van der Waals surface area contributed by atoms with Gasteiger partial charge in [0, 0.05) is 34.4 Å². The molecule has 1 N–H and O–H groups in total. The summed E-state index contributed by atoms with van der Waals surface area (Å²) in [6.45, 7) is 0.345. The molecule has 0 aliphatic rings. The van der Waals surface area contributed by atoms with Crippen LogP contribution in [-0.4, -0.2) is 35.6 Å². The van der Waals surface area contributed by atoms with Crippen LogP contribution in [0.5, 0.6) is 0 Å². The minimum atomic E-state index is -0.621. The molecule has 0 unspecified atom stereocenters. The Hall–Kier alpha value is -2.28. The molecule has 3 aromatic carbocycles. The molecule has 0 heterocycles. The predicted octanol–water partition coefficient (Wildman–Crippen LogP) is 5.58. The monoisotopic (exact) mass is 530 g/mol. The number of carbonyl (C=O) groups excluding carboxylic acids is 2. The summed E-state index contributed by atoms with van der Waals surface area (Å²) in [4.78, 5) is 28.9. The van der Waals surface area contributed by atoms with E-state index >= 15 is 0 Å². The zero-order chi connectivity index (χ0) is 22.9. The molecule has 0 aliphatic carbocycles. The van der Waals surface area contributed by atoms with Crippen LogP contribution in [-0.2, 0) is 22.6 Å². The van der Waals surface area contributed by atoms with Crippen LogP contribution in [0.3, 0.4) is 0 Å². The molecule has 1 atom stereocenters. The van der Waals surface area contributed by atoms with E-state index in [1.165, 1.54) is 11.8 Å². The highest BCUT2D eigenvalue weighted by molar-refractivity contribution is 9.10. The maximum absolute atomic E-state index is 13.4. The Kier molecular flexibility index (Phi) is 9.21. The number of amides is 2. The van der Waals surface area contributed by atoms with Crippen molar-refractivity contribution in [2.45, 2.75) is 23.9 Å². The van der Waals surface area contributed by atoms with Crippen LogP contribution in [0.15, 0.2) is 88.2 Å². The molecule has 7 heteroatoms. The lowest BCUT2D eigenvalue weighted by Crippen LogP contribution is -2.50. The number of nitrogens with zero attached hydrogens (tertiary/aromatic N) is 1. The van der Waals surface area contributed by atoms with Crippen molar-refractivity contribution in [1.82, 2.24) is 10.2 Å². The SMILES string of the molecule is CNC(=O)[C@@H](Cc1ccccc1)N(Cc1ccc(Br)cc1)C(=O)CSc1ccc(Cl)cc1. The van der Waals surface area contributed by atoms with Crippen molar-refractivity contribution < 1.29 is 9.59 Å². The Balaban J connectivity index is 1.85. The van der Waals surface area contributed by atoms with Gasteiger partial charge in [-0.25, -0.2) is 0 Å². The predicted molar refractivity (Wildman–Crippen MR) is 135 cm³/mol. The van der Waals surface area contributed by atoms with Gasteiger partial charge in [-0.3, -0.25) is 9.59 Å². The first-order valence-corrected chi connectivity index (χ1v) is 12.3. The Morgan fingerprint density at radius 3 is 2.25 bits per heavy atom. The minimum absolute atomic E-state index is 0.0996. The number of rotatable bonds is 9. The summed E-state index contributed by atoms with van der Waals surface area (Å²) < 4.78 is 0.963. The summed E-state index contributed by atoms with van der Waals surface area (Å²) in [7, 11) is 1.60. The van der Waals surface area contributed by atoms with E-state index in [1.807, 2.05) is 66.7 Å². The van der Waals surface area contributed by atoms with Gasteiger partial charge in [0.1, 0.15) is 6.04 Å². The van der Waals surface area contributed by atoms with Crippen LogP contribution in [0.2, 0.25) is 5.02 Å². The van der Waals surface area contributed by atoms with Gasteiger partial charge < -0.3 is 10.2 Å². The fourth-order valence-corrected chi connectivity index (χ4v) is 4.44. The number of halogens is 2. The average Bonchev–Trinajstić information content (AvgIpc) is 2.82. The molecule has 3 rings (SSSR count). The van der Waals surface area contributed by atoms with Crippen molar-refractivity contribution in [3.05, 3.63) is 99.5 Å². The second kappa shape index (κ2) is 12.1. The Morgan fingerprint density at radius 2 is 1.62 bits per heavy atom. The van der Waals surface area contributed by atoms with Gasteiger partial charge in [0.25, 0.3) is 0 Å². The van der Waals surface area contributed by atoms with Gasteiger partial charge in [0.2, 0.25) is 11.8 Å². The fraction of sp³-hybridized carbons (Fsp3) is 0.200. The number of nitrogens with one attached hydrogen (secondary N) is 1. The number of benzene rings is 3. The molecular formula is C25H24BrClN2O2S. The standard InChI is InChI=1S/C25H24BrClN2O2S/c1-28-25(31)23(15-18-5-3-2-4-6-18)29(16-19-7-9-20(26)10-8-19)24(30)17-32-22-13-11-21(27)12-14-22/h2-14,23H,15-17H2,1H3,(H,28,31)/t23-/m1/s1. The van der Waals surface area contributed by atoms with Crippen LogP contribution in [0.25, 0.3) is 0 Å². The van der Waals surface area contributed by atoms with Crippen molar-refractivity contribution >= 4 is 51.1 Å².